The van der Waals surface area contributed by atoms with Gasteiger partial charge in [-0.15, -0.1) is 11.8 Å². The molecule has 0 atom stereocenters. The van der Waals surface area contributed by atoms with Crippen molar-refractivity contribution in [1.29, 1.82) is 0 Å². The Labute approximate surface area is 92.4 Å². The van der Waals surface area contributed by atoms with Gasteiger partial charge in [-0.05, 0) is 30.0 Å². The molecule has 1 aromatic heterocycles. The van der Waals surface area contributed by atoms with Crippen molar-refractivity contribution < 1.29 is 4.39 Å². The van der Waals surface area contributed by atoms with Crippen molar-refractivity contribution >= 4 is 11.8 Å². The van der Waals surface area contributed by atoms with Crippen LogP contribution in [0.5, 0.6) is 0 Å². The summed E-state index contributed by atoms with van der Waals surface area (Å²) in [5.74, 6) is -0.221. The molecular weight excluding hydrogens is 209 g/mol. The summed E-state index contributed by atoms with van der Waals surface area (Å²) in [6, 6.07) is 10.4. The summed E-state index contributed by atoms with van der Waals surface area (Å²) in [5.41, 5.74) is 1.79. The van der Waals surface area contributed by atoms with Crippen molar-refractivity contribution in [3.05, 3.63) is 48.4 Å². The second kappa shape index (κ2) is 4.45. The molecule has 0 unspecified atom stereocenters. The molecule has 0 aliphatic carbocycles. The lowest BCUT2D eigenvalue weighted by Gasteiger charge is -2.01. The van der Waals surface area contributed by atoms with Crippen molar-refractivity contribution in [2.45, 2.75) is 5.03 Å². The zero-order valence-electron chi connectivity index (χ0n) is 8.27. The summed E-state index contributed by atoms with van der Waals surface area (Å²) in [6.45, 7) is 0. The molecular formula is C12H10FNS. The van der Waals surface area contributed by atoms with Crippen molar-refractivity contribution in [2.75, 3.05) is 6.26 Å². The van der Waals surface area contributed by atoms with Crippen LogP contribution in [0.4, 0.5) is 4.39 Å². The molecule has 15 heavy (non-hydrogen) atoms. The number of thioether (sulfide) groups is 1. The van der Waals surface area contributed by atoms with Gasteiger partial charge in [0, 0.05) is 11.8 Å². The van der Waals surface area contributed by atoms with E-state index in [9.17, 15) is 4.39 Å². The first-order chi connectivity index (χ1) is 7.29. The van der Waals surface area contributed by atoms with Crippen molar-refractivity contribution in [2.24, 2.45) is 0 Å². The van der Waals surface area contributed by atoms with Crippen molar-refractivity contribution in [1.82, 2.24) is 4.98 Å². The minimum Gasteiger partial charge on any atom is -0.249 e. The molecule has 1 nitrogen and oxygen atoms in total. The smallest absolute Gasteiger partial charge is 0.123 e. The highest BCUT2D eigenvalue weighted by molar-refractivity contribution is 7.98. The minimum absolute atomic E-state index is 0.221. The van der Waals surface area contributed by atoms with Gasteiger partial charge >= 0.3 is 0 Å². The standard InChI is InChI=1S/C12H10FNS/c1-15-12-6-5-10(8-14-12)9-3-2-4-11(13)7-9/h2-8H,1H3. The second-order valence-corrected chi connectivity index (χ2v) is 3.93. The van der Waals surface area contributed by atoms with E-state index in [1.165, 1.54) is 12.1 Å². The lowest BCUT2D eigenvalue weighted by Crippen LogP contribution is -1.83. The average molecular weight is 219 g/mol. The molecule has 0 saturated carbocycles. The van der Waals surface area contributed by atoms with Crippen LogP contribution < -0.4 is 0 Å². The van der Waals surface area contributed by atoms with Gasteiger partial charge in [0.2, 0.25) is 0 Å². The first kappa shape index (κ1) is 10.2. The van der Waals surface area contributed by atoms with Gasteiger partial charge in [0.15, 0.2) is 0 Å². The van der Waals surface area contributed by atoms with Crippen LogP contribution in [0.15, 0.2) is 47.6 Å². The predicted octanol–water partition coefficient (Wildman–Crippen LogP) is 3.61. The number of benzene rings is 1. The van der Waals surface area contributed by atoms with Gasteiger partial charge < -0.3 is 0 Å². The van der Waals surface area contributed by atoms with E-state index in [1.54, 1.807) is 24.0 Å². The fourth-order valence-electron chi connectivity index (χ4n) is 1.34. The molecule has 1 heterocycles. The van der Waals surface area contributed by atoms with E-state index >= 15 is 0 Å². The normalized spacial score (nSPS) is 10.3. The predicted molar refractivity (Wildman–Crippen MR) is 61.4 cm³/mol. The molecule has 0 N–H and O–H groups in total. The van der Waals surface area contributed by atoms with E-state index in [0.29, 0.717) is 0 Å². The number of halogens is 1. The van der Waals surface area contributed by atoms with Crippen LogP contribution in [0.1, 0.15) is 0 Å². The van der Waals surface area contributed by atoms with Crippen molar-refractivity contribution in [3.8, 4) is 11.1 Å². The largest absolute Gasteiger partial charge is 0.249 e. The van der Waals surface area contributed by atoms with Gasteiger partial charge in [-0.1, -0.05) is 18.2 Å². The van der Waals surface area contributed by atoms with Gasteiger partial charge in [-0.3, -0.25) is 0 Å². The Balaban J connectivity index is 2.37. The minimum atomic E-state index is -0.221. The molecule has 0 aliphatic heterocycles. The maximum atomic E-state index is 13.0. The van der Waals surface area contributed by atoms with Crippen molar-refractivity contribution in [3.63, 3.8) is 0 Å². The molecule has 0 amide bonds. The first-order valence-electron chi connectivity index (χ1n) is 4.55. The van der Waals surface area contributed by atoms with E-state index < -0.39 is 0 Å². The van der Waals surface area contributed by atoms with Crippen LogP contribution in [0.2, 0.25) is 0 Å². The van der Waals surface area contributed by atoms with Crippen LogP contribution in [-0.2, 0) is 0 Å². The van der Waals surface area contributed by atoms with Crippen LogP contribution >= 0.6 is 11.8 Å². The molecule has 0 radical (unpaired) electrons. The summed E-state index contributed by atoms with van der Waals surface area (Å²) >= 11 is 1.59. The fourth-order valence-corrected chi connectivity index (χ4v) is 1.70. The van der Waals surface area contributed by atoms with Gasteiger partial charge in [0.1, 0.15) is 5.82 Å². The SMILES string of the molecule is CSc1ccc(-c2cccc(F)c2)cn1. The van der Waals surface area contributed by atoms with Gasteiger partial charge in [-0.2, -0.15) is 0 Å². The van der Waals surface area contributed by atoms with E-state index in [1.807, 2.05) is 24.5 Å². The third-order valence-corrected chi connectivity index (χ3v) is 2.76. The topological polar surface area (TPSA) is 12.9 Å². The van der Waals surface area contributed by atoms with E-state index in [-0.39, 0.29) is 5.82 Å². The molecule has 3 heteroatoms. The zero-order valence-corrected chi connectivity index (χ0v) is 9.09. The number of aromatic nitrogens is 1. The molecule has 0 aliphatic rings. The zero-order chi connectivity index (χ0) is 10.7. The monoisotopic (exact) mass is 219 g/mol. The Hall–Kier alpha value is -1.35. The highest BCUT2D eigenvalue weighted by atomic mass is 32.2. The maximum Gasteiger partial charge on any atom is 0.123 e. The third-order valence-electron chi connectivity index (χ3n) is 2.10. The Bertz CT molecular complexity index is 453. The summed E-state index contributed by atoms with van der Waals surface area (Å²) < 4.78 is 13.0. The average Bonchev–Trinajstić information content (AvgIpc) is 2.29. The number of hydrogen-bond donors (Lipinski definition) is 0. The molecule has 76 valence electrons. The Morgan fingerprint density at radius 3 is 2.60 bits per heavy atom. The molecule has 2 aromatic rings. The summed E-state index contributed by atoms with van der Waals surface area (Å²) in [7, 11) is 0. The first-order valence-corrected chi connectivity index (χ1v) is 5.78. The molecule has 0 bridgehead atoms. The molecule has 0 fully saturated rings. The highest BCUT2D eigenvalue weighted by Crippen LogP contribution is 2.21. The van der Waals surface area contributed by atoms with Crippen LogP contribution in [0.25, 0.3) is 11.1 Å². The summed E-state index contributed by atoms with van der Waals surface area (Å²) in [4.78, 5) is 4.24. The lowest BCUT2D eigenvalue weighted by atomic mass is 10.1. The third kappa shape index (κ3) is 2.36. The summed E-state index contributed by atoms with van der Waals surface area (Å²) in [5, 5.41) is 0.968. The summed E-state index contributed by atoms with van der Waals surface area (Å²) in [6.07, 6.45) is 3.74. The molecule has 2 rings (SSSR count). The van der Waals surface area contributed by atoms with E-state index in [4.69, 9.17) is 0 Å². The number of hydrogen-bond acceptors (Lipinski definition) is 2. The number of nitrogens with zero attached hydrogens (tertiary/aromatic N) is 1. The Morgan fingerprint density at radius 2 is 2.00 bits per heavy atom. The Kier molecular flexibility index (Phi) is 3.02. The van der Waals surface area contributed by atoms with E-state index in [2.05, 4.69) is 4.98 Å². The Morgan fingerprint density at radius 1 is 1.13 bits per heavy atom. The second-order valence-electron chi connectivity index (χ2n) is 3.10. The van der Waals surface area contributed by atoms with E-state index in [0.717, 1.165) is 16.2 Å². The van der Waals surface area contributed by atoms with Gasteiger partial charge in [0.05, 0.1) is 5.03 Å². The lowest BCUT2D eigenvalue weighted by molar-refractivity contribution is 0.628. The van der Waals surface area contributed by atoms with Gasteiger partial charge in [0.25, 0.3) is 0 Å². The highest BCUT2D eigenvalue weighted by Gasteiger charge is 1.99. The van der Waals surface area contributed by atoms with Crippen LogP contribution in [0, 0.1) is 5.82 Å². The quantitative estimate of drug-likeness (QED) is 0.716. The fraction of sp³-hybridized carbons (Fsp3) is 0.0833. The van der Waals surface area contributed by atoms with Crippen LogP contribution in [-0.4, -0.2) is 11.2 Å². The molecule has 0 spiro atoms. The number of pyridine rings is 1. The molecule has 0 saturated heterocycles. The molecule has 1 aromatic carbocycles. The van der Waals surface area contributed by atoms with Gasteiger partial charge in [-0.25, -0.2) is 9.37 Å². The maximum absolute atomic E-state index is 13.0. The van der Waals surface area contributed by atoms with Crippen LogP contribution in [0.3, 0.4) is 0 Å². The number of rotatable bonds is 2.